The summed E-state index contributed by atoms with van der Waals surface area (Å²) in [5.74, 6) is 2.08. The minimum atomic E-state index is -3.33. The maximum absolute atomic E-state index is 12.3. The molecule has 0 atom stereocenters. The maximum Gasteiger partial charge on any atom is 0.215 e. The molecule has 1 aromatic carbocycles. The number of rotatable bonds is 8. The van der Waals surface area contributed by atoms with Gasteiger partial charge in [0.2, 0.25) is 10.0 Å². The molecule has 2 heterocycles. The minimum Gasteiger partial charge on any atom is -0.497 e. The number of nitrogens with one attached hydrogen (secondary N) is 1. The Bertz CT molecular complexity index is 764. The van der Waals surface area contributed by atoms with Crippen LogP contribution in [0.5, 0.6) is 5.75 Å². The summed E-state index contributed by atoms with van der Waals surface area (Å²) in [5, 5.41) is 0. The Kier molecular flexibility index (Phi) is 6.34. The van der Waals surface area contributed by atoms with Crippen LogP contribution in [0.1, 0.15) is 24.2 Å². The van der Waals surface area contributed by atoms with Crippen LogP contribution in [0.25, 0.3) is 0 Å². The molecule has 1 saturated heterocycles. The van der Waals surface area contributed by atoms with Crippen molar-refractivity contribution in [1.82, 2.24) is 9.62 Å². The van der Waals surface area contributed by atoms with Gasteiger partial charge in [-0.1, -0.05) is 12.1 Å². The molecule has 3 rings (SSSR count). The van der Waals surface area contributed by atoms with E-state index in [0.29, 0.717) is 12.5 Å². The van der Waals surface area contributed by atoms with Gasteiger partial charge in [-0.2, -0.15) is 0 Å². The van der Waals surface area contributed by atoms with Crippen LogP contribution < -0.4 is 9.46 Å². The van der Waals surface area contributed by atoms with Crippen LogP contribution in [0, 0.1) is 5.92 Å². The Labute approximate surface area is 155 Å². The van der Waals surface area contributed by atoms with Gasteiger partial charge in [-0.15, -0.1) is 0 Å². The van der Waals surface area contributed by atoms with E-state index in [-0.39, 0.29) is 5.75 Å². The van der Waals surface area contributed by atoms with E-state index in [4.69, 9.17) is 9.15 Å². The summed E-state index contributed by atoms with van der Waals surface area (Å²) in [5.41, 5.74) is 0.756. The van der Waals surface area contributed by atoms with Gasteiger partial charge < -0.3 is 9.15 Å². The van der Waals surface area contributed by atoms with E-state index in [2.05, 4.69) is 9.62 Å². The molecule has 1 fully saturated rings. The van der Waals surface area contributed by atoms with Gasteiger partial charge in [-0.25, -0.2) is 13.1 Å². The quantitative estimate of drug-likeness (QED) is 0.765. The zero-order valence-corrected chi connectivity index (χ0v) is 15.9. The van der Waals surface area contributed by atoms with Crippen LogP contribution in [0.15, 0.2) is 47.1 Å². The highest BCUT2D eigenvalue weighted by atomic mass is 32.2. The Morgan fingerprint density at radius 3 is 2.54 bits per heavy atom. The van der Waals surface area contributed by atoms with Gasteiger partial charge in [-0.05, 0) is 61.7 Å². The number of likely N-dealkylation sites (tertiary alicyclic amines) is 1. The SMILES string of the molecule is COc1ccc(CS(=O)(=O)NCC2CCN(Cc3ccco3)CC2)cc1. The summed E-state index contributed by atoms with van der Waals surface area (Å²) >= 11 is 0. The van der Waals surface area contributed by atoms with Crippen molar-refractivity contribution in [2.24, 2.45) is 5.92 Å². The number of piperidine rings is 1. The largest absolute Gasteiger partial charge is 0.497 e. The van der Waals surface area contributed by atoms with Crippen LogP contribution in [-0.4, -0.2) is 40.1 Å². The molecule has 0 saturated carbocycles. The molecule has 0 spiro atoms. The molecule has 1 aliphatic rings. The first-order valence-electron chi connectivity index (χ1n) is 8.89. The number of hydrogen-bond acceptors (Lipinski definition) is 5. The molecule has 142 valence electrons. The molecular weight excluding hydrogens is 352 g/mol. The number of sulfonamides is 1. The lowest BCUT2D eigenvalue weighted by Crippen LogP contribution is -2.38. The van der Waals surface area contributed by atoms with E-state index in [1.54, 1.807) is 37.6 Å². The number of methoxy groups -OCH3 is 1. The van der Waals surface area contributed by atoms with Crippen LogP contribution >= 0.6 is 0 Å². The van der Waals surface area contributed by atoms with Crippen LogP contribution in [0.4, 0.5) is 0 Å². The summed E-state index contributed by atoms with van der Waals surface area (Å²) in [6.45, 7) is 3.26. The predicted octanol–water partition coefficient (Wildman–Crippen LogP) is 2.62. The standard InChI is InChI=1S/C19H26N2O4S/c1-24-18-6-4-17(5-7-18)15-26(22,23)20-13-16-8-10-21(11-9-16)14-19-3-2-12-25-19/h2-7,12,16,20H,8-11,13-15H2,1H3. The first-order chi connectivity index (χ1) is 12.5. The van der Waals surface area contributed by atoms with Crippen molar-refractivity contribution in [1.29, 1.82) is 0 Å². The van der Waals surface area contributed by atoms with Crippen LogP contribution in [-0.2, 0) is 22.3 Å². The second kappa shape index (κ2) is 8.70. The smallest absolute Gasteiger partial charge is 0.215 e. The Morgan fingerprint density at radius 2 is 1.92 bits per heavy atom. The highest BCUT2D eigenvalue weighted by molar-refractivity contribution is 7.88. The van der Waals surface area contributed by atoms with Crippen molar-refractivity contribution in [3.8, 4) is 5.75 Å². The van der Waals surface area contributed by atoms with Crippen LogP contribution in [0.2, 0.25) is 0 Å². The molecule has 0 unspecified atom stereocenters. The number of benzene rings is 1. The fraction of sp³-hybridized carbons (Fsp3) is 0.474. The van der Waals surface area contributed by atoms with Crippen molar-refractivity contribution in [2.45, 2.75) is 25.1 Å². The normalized spacial score (nSPS) is 16.7. The average molecular weight is 378 g/mol. The van der Waals surface area contributed by atoms with Crippen molar-refractivity contribution < 1.29 is 17.6 Å². The van der Waals surface area contributed by atoms with Crippen molar-refractivity contribution >= 4 is 10.0 Å². The molecule has 1 N–H and O–H groups in total. The molecule has 26 heavy (non-hydrogen) atoms. The van der Waals surface area contributed by atoms with Gasteiger partial charge in [0, 0.05) is 6.54 Å². The van der Waals surface area contributed by atoms with Gasteiger partial charge in [0.05, 0.1) is 25.7 Å². The van der Waals surface area contributed by atoms with E-state index in [9.17, 15) is 8.42 Å². The zero-order valence-electron chi connectivity index (χ0n) is 15.1. The second-order valence-electron chi connectivity index (χ2n) is 6.75. The monoisotopic (exact) mass is 378 g/mol. The van der Waals surface area contributed by atoms with Crippen molar-refractivity contribution in [3.63, 3.8) is 0 Å². The molecule has 1 aliphatic heterocycles. The third kappa shape index (κ3) is 5.59. The highest BCUT2D eigenvalue weighted by Crippen LogP contribution is 2.19. The first-order valence-corrected chi connectivity index (χ1v) is 10.5. The van der Waals surface area contributed by atoms with Gasteiger partial charge in [0.1, 0.15) is 11.5 Å². The van der Waals surface area contributed by atoms with E-state index in [1.807, 2.05) is 12.1 Å². The number of hydrogen-bond donors (Lipinski definition) is 1. The minimum absolute atomic E-state index is 0.00562. The average Bonchev–Trinajstić information content (AvgIpc) is 3.15. The maximum atomic E-state index is 12.3. The molecule has 6 nitrogen and oxygen atoms in total. The Morgan fingerprint density at radius 1 is 1.19 bits per heavy atom. The summed E-state index contributed by atoms with van der Waals surface area (Å²) in [7, 11) is -1.74. The number of furan rings is 1. The predicted molar refractivity (Wildman–Crippen MR) is 100 cm³/mol. The van der Waals surface area contributed by atoms with E-state index < -0.39 is 10.0 Å². The van der Waals surface area contributed by atoms with E-state index in [1.165, 1.54) is 0 Å². The highest BCUT2D eigenvalue weighted by Gasteiger charge is 2.21. The lowest BCUT2D eigenvalue weighted by atomic mass is 9.97. The third-order valence-corrected chi connectivity index (χ3v) is 6.09. The molecular formula is C19H26N2O4S. The van der Waals surface area contributed by atoms with Crippen molar-refractivity contribution in [2.75, 3.05) is 26.7 Å². The molecule has 1 aromatic heterocycles. The molecule has 0 radical (unpaired) electrons. The molecule has 0 bridgehead atoms. The Balaban J connectivity index is 1.42. The first kappa shape index (κ1) is 18.9. The summed E-state index contributed by atoms with van der Waals surface area (Å²) < 4.78 is 37.9. The topological polar surface area (TPSA) is 71.8 Å². The fourth-order valence-corrected chi connectivity index (χ4v) is 4.43. The van der Waals surface area contributed by atoms with Crippen LogP contribution in [0.3, 0.4) is 0 Å². The van der Waals surface area contributed by atoms with Gasteiger partial charge in [0.25, 0.3) is 0 Å². The summed E-state index contributed by atoms with van der Waals surface area (Å²) in [4.78, 5) is 2.35. The zero-order chi connectivity index (χ0) is 18.4. The van der Waals surface area contributed by atoms with Crippen molar-refractivity contribution in [3.05, 3.63) is 54.0 Å². The Hall–Kier alpha value is -1.83. The van der Waals surface area contributed by atoms with Gasteiger partial charge in [0.15, 0.2) is 0 Å². The number of ether oxygens (including phenoxy) is 1. The lowest BCUT2D eigenvalue weighted by Gasteiger charge is -2.31. The second-order valence-corrected chi connectivity index (χ2v) is 8.56. The molecule has 0 aliphatic carbocycles. The summed E-state index contributed by atoms with van der Waals surface area (Å²) in [6.07, 6.45) is 3.68. The summed E-state index contributed by atoms with van der Waals surface area (Å²) in [6, 6.07) is 11.0. The molecule has 7 heteroatoms. The lowest BCUT2D eigenvalue weighted by molar-refractivity contribution is 0.168. The number of nitrogens with zero attached hydrogens (tertiary/aromatic N) is 1. The van der Waals surface area contributed by atoms with Gasteiger partial charge >= 0.3 is 0 Å². The van der Waals surface area contributed by atoms with E-state index in [0.717, 1.165) is 49.5 Å². The van der Waals surface area contributed by atoms with E-state index >= 15 is 0 Å². The molecule has 2 aromatic rings. The molecule has 0 amide bonds. The third-order valence-electron chi connectivity index (χ3n) is 4.77. The van der Waals surface area contributed by atoms with Gasteiger partial charge in [-0.3, -0.25) is 4.90 Å². The fourth-order valence-electron chi connectivity index (χ4n) is 3.21.